The highest BCUT2D eigenvalue weighted by Gasteiger charge is 2.08. The summed E-state index contributed by atoms with van der Waals surface area (Å²) in [5.74, 6) is 0.623. The highest BCUT2D eigenvalue weighted by molar-refractivity contribution is 5.85. The molecule has 0 saturated heterocycles. The Morgan fingerprint density at radius 3 is 1.66 bits per heavy atom. The molecule has 4 aromatic rings. The zero-order chi connectivity index (χ0) is 26.7. The van der Waals surface area contributed by atoms with Gasteiger partial charge in [0.15, 0.2) is 0 Å². The Hall–Kier alpha value is -3.64. The summed E-state index contributed by atoms with van der Waals surface area (Å²) < 4.78 is 0. The van der Waals surface area contributed by atoms with Crippen LogP contribution in [0.2, 0.25) is 0 Å². The molecule has 0 aliphatic carbocycles. The zero-order valence-corrected chi connectivity index (χ0v) is 23.6. The number of rotatable bonds is 11. The van der Waals surface area contributed by atoms with Crippen molar-refractivity contribution in [3.05, 3.63) is 132 Å². The van der Waals surface area contributed by atoms with Crippen molar-refractivity contribution >= 4 is 11.1 Å². The summed E-state index contributed by atoms with van der Waals surface area (Å²) in [7, 11) is 0. The molecular weight excluding hydrogens is 456 g/mol. The van der Waals surface area contributed by atoms with Gasteiger partial charge >= 0.3 is 0 Å². The second-order valence-corrected chi connectivity index (χ2v) is 10.3. The van der Waals surface area contributed by atoms with Gasteiger partial charge in [-0.15, -0.1) is 0 Å². The summed E-state index contributed by atoms with van der Waals surface area (Å²) in [5.41, 5.74) is 11.8. The summed E-state index contributed by atoms with van der Waals surface area (Å²) in [5, 5.41) is 0. The van der Waals surface area contributed by atoms with Crippen LogP contribution in [0.5, 0.6) is 0 Å². The van der Waals surface area contributed by atoms with Crippen LogP contribution in [-0.4, -0.2) is 0 Å². The fourth-order valence-electron chi connectivity index (χ4n) is 5.20. The fraction of sp³-hybridized carbons (Fsp3) is 0.263. The van der Waals surface area contributed by atoms with E-state index in [4.69, 9.17) is 0 Å². The predicted octanol–water partition coefficient (Wildman–Crippen LogP) is 11.6. The normalized spacial score (nSPS) is 12.9. The quantitative estimate of drug-likeness (QED) is 0.180. The van der Waals surface area contributed by atoms with Crippen molar-refractivity contribution in [2.75, 3.05) is 0 Å². The minimum absolute atomic E-state index is 0.623. The maximum absolute atomic E-state index is 2.41. The van der Waals surface area contributed by atoms with E-state index in [1.807, 2.05) is 0 Å². The van der Waals surface area contributed by atoms with E-state index in [0.29, 0.717) is 5.92 Å². The first-order valence-electron chi connectivity index (χ1n) is 14.4. The molecular formula is C38H42. The van der Waals surface area contributed by atoms with Gasteiger partial charge in [-0.1, -0.05) is 156 Å². The number of hydrogen-bond acceptors (Lipinski definition) is 0. The summed E-state index contributed by atoms with van der Waals surface area (Å²) in [6.07, 6.45) is 10.4. The van der Waals surface area contributed by atoms with Gasteiger partial charge in [-0.05, 0) is 75.3 Å². The highest BCUT2D eigenvalue weighted by atomic mass is 14.1. The van der Waals surface area contributed by atoms with E-state index < -0.39 is 0 Å². The maximum Gasteiger partial charge on any atom is -0.0184 e. The van der Waals surface area contributed by atoms with E-state index in [1.54, 1.807) is 0 Å². The van der Waals surface area contributed by atoms with Crippen molar-refractivity contribution in [3.8, 4) is 22.3 Å². The molecule has 0 aliphatic rings. The predicted molar refractivity (Wildman–Crippen MR) is 168 cm³/mol. The third kappa shape index (κ3) is 7.01. The molecule has 0 heterocycles. The number of hydrogen-bond donors (Lipinski definition) is 0. The first kappa shape index (κ1) is 27.4. The summed E-state index contributed by atoms with van der Waals surface area (Å²) in [6.45, 7) is 9.07. The lowest BCUT2D eigenvalue weighted by Crippen LogP contribution is -1.92. The van der Waals surface area contributed by atoms with Crippen LogP contribution in [0.15, 0.2) is 115 Å². The van der Waals surface area contributed by atoms with Crippen molar-refractivity contribution < 1.29 is 0 Å². The fourth-order valence-corrected chi connectivity index (χ4v) is 5.20. The van der Waals surface area contributed by atoms with Gasteiger partial charge in [0.25, 0.3) is 0 Å². The molecule has 0 amide bonds. The van der Waals surface area contributed by atoms with E-state index in [9.17, 15) is 0 Å². The molecule has 4 aromatic carbocycles. The van der Waals surface area contributed by atoms with Crippen LogP contribution in [0, 0.1) is 0 Å². The Bertz CT molecular complexity index is 1320. The monoisotopic (exact) mass is 498 g/mol. The van der Waals surface area contributed by atoms with Crippen LogP contribution in [0.4, 0.5) is 0 Å². The Labute approximate surface area is 230 Å². The highest BCUT2D eigenvalue weighted by Crippen LogP contribution is 2.31. The molecule has 0 heteroatoms. The Morgan fingerprint density at radius 2 is 1.13 bits per heavy atom. The van der Waals surface area contributed by atoms with E-state index in [-0.39, 0.29) is 0 Å². The lowest BCUT2D eigenvalue weighted by Gasteiger charge is -2.13. The smallest absolute Gasteiger partial charge is 0.0184 e. The third-order valence-electron chi connectivity index (χ3n) is 7.39. The van der Waals surface area contributed by atoms with Gasteiger partial charge < -0.3 is 0 Å². The lowest BCUT2D eigenvalue weighted by atomic mass is 9.92. The average Bonchev–Trinajstić information content (AvgIpc) is 2.97. The molecule has 38 heavy (non-hydrogen) atoms. The van der Waals surface area contributed by atoms with Gasteiger partial charge in [0, 0.05) is 0 Å². The van der Waals surface area contributed by atoms with Crippen molar-refractivity contribution in [2.45, 2.75) is 65.7 Å². The summed E-state index contributed by atoms with van der Waals surface area (Å²) >= 11 is 0. The second-order valence-electron chi connectivity index (χ2n) is 10.3. The molecule has 194 valence electrons. The van der Waals surface area contributed by atoms with Crippen molar-refractivity contribution in [1.29, 1.82) is 0 Å². The molecule has 1 atom stereocenters. The minimum atomic E-state index is 0.623. The average molecular weight is 499 g/mol. The number of benzene rings is 4. The first-order valence-corrected chi connectivity index (χ1v) is 14.4. The van der Waals surface area contributed by atoms with E-state index in [0.717, 1.165) is 19.3 Å². The molecule has 0 N–H and O–H groups in total. The summed E-state index contributed by atoms with van der Waals surface area (Å²) in [4.78, 5) is 0. The van der Waals surface area contributed by atoms with E-state index >= 15 is 0 Å². The molecule has 0 spiro atoms. The standard InChI is InChI=1S/C38H42/c1-5-11-29(4)30-16-18-33(19-17-30)34-22-26-36(27-23-34)38(13-7-3)28-37(12-6-2)35-24-20-32(21-25-35)31-14-9-8-10-15-31/h8-10,12,14-29H,5-7,11,13H2,1-4H3/b37-12-,38-28+. The van der Waals surface area contributed by atoms with Gasteiger partial charge in [-0.3, -0.25) is 0 Å². The van der Waals surface area contributed by atoms with E-state index in [2.05, 4.69) is 143 Å². The summed E-state index contributed by atoms with van der Waals surface area (Å²) in [6, 6.07) is 37.9. The molecule has 0 saturated carbocycles. The molecule has 0 aliphatic heterocycles. The van der Waals surface area contributed by atoms with Crippen molar-refractivity contribution in [1.82, 2.24) is 0 Å². The minimum Gasteiger partial charge on any atom is -0.0769 e. The topological polar surface area (TPSA) is 0 Å². The van der Waals surface area contributed by atoms with Crippen LogP contribution in [0.25, 0.3) is 33.4 Å². The van der Waals surface area contributed by atoms with Crippen LogP contribution in [-0.2, 0) is 0 Å². The van der Waals surface area contributed by atoms with Crippen molar-refractivity contribution in [3.63, 3.8) is 0 Å². The largest absolute Gasteiger partial charge is 0.0769 e. The van der Waals surface area contributed by atoms with Gasteiger partial charge in [0.2, 0.25) is 0 Å². The Kier molecular flexibility index (Phi) is 9.93. The lowest BCUT2D eigenvalue weighted by molar-refractivity contribution is 0.665. The number of allylic oxidation sites excluding steroid dienone is 4. The zero-order valence-electron chi connectivity index (χ0n) is 23.6. The van der Waals surface area contributed by atoms with Crippen molar-refractivity contribution in [2.24, 2.45) is 0 Å². The molecule has 0 nitrogen and oxygen atoms in total. The van der Waals surface area contributed by atoms with Gasteiger partial charge in [-0.2, -0.15) is 0 Å². The van der Waals surface area contributed by atoms with Gasteiger partial charge in [-0.25, -0.2) is 0 Å². The molecule has 0 aromatic heterocycles. The Balaban J connectivity index is 1.57. The van der Waals surface area contributed by atoms with Gasteiger partial charge in [0.1, 0.15) is 0 Å². The van der Waals surface area contributed by atoms with Gasteiger partial charge in [0.05, 0.1) is 0 Å². The van der Waals surface area contributed by atoms with Crippen LogP contribution in [0.1, 0.15) is 82.4 Å². The molecule has 4 rings (SSSR count). The van der Waals surface area contributed by atoms with Crippen LogP contribution in [0.3, 0.4) is 0 Å². The molecule has 0 radical (unpaired) electrons. The molecule has 1 unspecified atom stereocenters. The molecule has 0 fully saturated rings. The maximum atomic E-state index is 2.41. The first-order chi connectivity index (χ1) is 18.6. The SMILES string of the molecule is CC/C=C(/C=C(\CCC)c1ccc(-c2ccc(C(C)CCC)cc2)cc1)c1ccc(-c2ccccc2)cc1. The Morgan fingerprint density at radius 1 is 0.605 bits per heavy atom. The van der Waals surface area contributed by atoms with Crippen LogP contribution >= 0.6 is 0 Å². The second kappa shape index (κ2) is 13.8. The third-order valence-corrected chi connectivity index (χ3v) is 7.39. The van der Waals surface area contributed by atoms with E-state index in [1.165, 1.54) is 62.9 Å². The molecule has 0 bridgehead atoms. The van der Waals surface area contributed by atoms with Crippen LogP contribution < -0.4 is 0 Å².